The third-order valence-corrected chi connectivity index (χ3v) is 3.24. The van der Waals surface area contributed by atoms with E-state index in [1.54, 1.807) is 0 Å². The van der Waals surface area contributed by atoms with E-state index in [0.29, 0.717) is 0 Å². The van der Waals surface area contributed by atoms with Crippen LogP contribution in [0.2, 0.25) is 0 Å². The first-order valence-corrected chi connectivity index (χ1v) is 5.89. The number of aromatic amines is 1. The van der Waals surface area contributed by atoms with Gasteiger partial charge in [-0.2, -0.15) is 0 Å². The second kappa shape index (κ2) is 3.77. The topological polar surface area (TPSA) is 15.8 Å². The van der Waals surface area contributed by atoms with Gasteiger partial charge in [0, 0.05) is 16.6 Å². The standard InChI is InChI=1S/C16H15N/c1-11-6-8-13(9-7-11)16-10-14-12(2)4-3-5-15(14)17-16/h3-10,17H,1-2H3. The zero-order valence-electron chi connectivity index (χ0n) is 10.1. The molecule has 0 saturated heterocycles. The Hall–Kier alpha value is -2.02. The average molecular weight is 221 g/mol. The van der Waals surface area contributed by atoms with Crippen LogP contribution in [0, 0.1) is 13.8 Å². The molecule has 0 spiro atoms. The zero-order valence-corrected chi connectivity index (χ0v) is 10.1. The molecule has 0 radical (unpaired) electrons. The van der Waals surface area contributed by atoms with Crippen molar-refractivity contribution in [2.75, 3.05) is 0 Å². The average Bonchev–Trinajstić information content (AvgIpc) is 2.75. The summed E-state index contributed by atoms with van der Waals surface area (Å²) < 4.78 is 0. The van der Waals surface area contributed by atoms with Crippen LogP contribution in [0.4, 0.5) is 0 Å². The molecule has 2 aromatic carbocycles. The smallest absolute Gasteiger partial charge is 0.0464 e. The Kier molecular flexibility index (Phi) is 2.25. The van der Waals surface area contributed by atoms with Crippen LogP contribution in [0.1, 0.15) is 11.1 Å². The summed E-state index contributed by atoms with van der Waals surface area (Å²) in [4.78, 5) is 3.47. The van der Waals surface area contributed by atoms with E-state index in [1.807, 2.05) is 0 Å². The Bertz CT molecular complexity index is 660. The SMILES string of the molecule is Cc1ccc(-c2cc3c(C)cccc3[nH]2)cc1. The second-order valence-corrected chi connectivity index (χ2v) is 4.59. The van der Waals surface area contributed by atoms with Crippen molar-refractivity contribution in [2.24, 2.45) is 0 Å². The van der Waals surface area contributed by atoms with Crippen LogP contribution in [-0.4, -0.2) is 4.98 Å². The maximum atomic E-state index is 3.47. The summed E-state index contributed by atoms with van der Waals surface area (Å²) in [6.45, 7) is 4.26. The first-order chi connectivity index (χ1) is 8.24. The fourth-order valence-electron chi connectivity index (χ4n) is 2.20. The lowest BCUT2D eigenvalue weighted by atomic mass is 10.1. The quantitative estimate of drug-likeness (QED) is 0.624. The predicted molar refractivity (Wildman–Crippen MR) is 73.2 cm³/mol. The first kappa shape index (κ1) is 10.2. The predicted octanol–water partition coefficient (Wildman–Crippen LogP) is 4.45. The summed E-state index contributed by atoms with van der Waals surface area (Å²) >= 11 is 0. The molecule has 0 amide bonds. The molecule has 1 heteroatoms. The van der Waals surface area contributed by atoms with Crippen LogP contribution in [0.3, 0.4) is 0 Å². The molecule has 3 rings (SSSR count). The van der Waals surface area contributed by atoms with E-state index in [2.05, 4.69) is 67.4 Å². The molecule has 1 heterocycles. The number of hydrogen-bond donors (Lipinski definition) is 1. The maximum absolute atomic E-state index is 3.47. The molecule has 0 aliphatic rings. The van der Waals surface area contributed by atoms with Crippen molar-refractivity contribution in [3.63, 3.8) is 0 Å². The lowest BCUT2D eigenvalue weighted by molar-refractivity contribution is 1.42. The summed E-state index contributed by atoms with van der Waals surface area (Å²) in [5, 5.41) is 1.31. The third kappa shape index (κ3) is 1.74. The van der Waals surface area contributed by atoms with Gasteiger partial charge in [-0.05, 0) is 37.1 Å². The molecule has 0 bridgehead atoms. The largest absolute Gasteiger partial charge is 0.355 e. The van der Waals surface area contributed by atoms with E-state index >= 15 is 0 Å². The Morgan fingerprint density at radius 1 is 0.882 bits per heavy atom. The molecular formula is C16H15N. The van der Waals surface area contributed by atoms with Gasteiger partial charge in [-0.15, -0.1) is 0 Å². The van der Waals surface area contributed by atoms with Gasteiger partial charge in [-0.3, -0.25) is 0 Å². The van der Waals surface area contributed by atoms with E-state index in [0.717, 1.165) is 0 Å². The maximum Gasteiger partial charge on any atom is 0.0464 e. The normalized spacial score (nSPS) is 10.9. The highest BCUT2D eigenvalue weighted by Gasteiger charge is 2.04. The monoisotopic (exact) mass is 221 g/mol. The number of nitrogens with one attached hydrogen (secondary N) is 1. The van der Waals surface area contributed by atoms with Crippen LogP contribution in [0.15, 0.2) is 48.5 Å². The third-order valence-electron chi connectivity index (χ3n) is 3.24. The number of benzene rings is 2. The Balaban J connectivity index is 2.18. The fraction of sp³-hybridized carbons (Fsp3) is 0.125. The molecule has 0 aliphatic heterocycles. The highest BCUT2D eigenvalue weighted by Crippen LogP contribution is 2.26. The van der Waals surface area contributed by atoms with Crippen molar-refractivity contribution >= 4 is 10.9 Å². The minimum Gasteiger partial charge on any atom is -0.355 e. The van der Waals surface area contributed by atoms with Crippen LogP contribution in [0.25, 0.3) is 22.2 Å². The molecule has 3 aromatic rings. The number of aromatic nitrogens is 1. The second-order valence-electron chi connectivity index (χ2n) is 4.59. The van der Waals surface area contributed by atoms with Crippen molar-refractivity contribution in [1.82, 2.24) is 4.98 Å². The van der Waals surface area contributed by atoms with Gasteiger partial charge in [-0.25, -0.2) is 0 Å². The van der Waals surface area contributed by atoms with Gasteiger partial charge in [-0.1, -0.05) is 42.0 Å². The van der Waals surface area contributed by atoms with Crippen molar-refractivity contribution in [3.05, 3.63) is 59.7 Å². The summed E-state index contributed by atoms with van der Waals surface area (Å²) in [5.41, 5.74) is 6.25. The lowest BCUT2D eigenvalue weighted by Gasteiger charge is -1.97. The molecule has 1 aromatic heterocycles. The minimum absolute atomic E-state index is 1.19. The van der Waals surface area contributed by atoms with Crippen LogP contribution in [0.5, 0.6) is 0 Å². The summed E-state index contributed by atoms with van der Waals surface area (Å²) in [7, 11) is 0. The number of aryl methyl sites for hydroxylation is 2. The lowest BCUT2D eigenvalue weighted by Crippen LogP contribution is -1.77. The van der Waals surface area contributed by atoms with Gasteiger partial charge in [0.25, 0.3) is 0 Å². The van der Waals surface area contributed by atoms with Gasteiger partial charge in [0.05, 0.1) is 0 Å². The van der Waals surface area contributed by atoms with E-state index in [9.17, 15) is 0 Å². The number of fused-ring (bicyclic) bond motifs is 1. The molecule has 84 valence electrons. The van der Waals surface area contributed by atoms with Gasteiger partial charge in [0.15, 0.2) is 0 Å². The molecule has 1 nitrogen and oxygen atoms in total. The van der Waals surface area contributed by atoms with Gasteiger partial charge >= 0.3 is 0 Å². The summed E-state index contributed by atoms with van der Waals surface area (Å²) in [6.07, 6.45) is 0. The van der Waals surface area contributed by atoms with Crippen molar-refractivity contribution in [2.45, 2.75) is 13.8 Å². The molecule has 0 atom stereocenters. The highest BCUT2D eigenvalue weighted by molar-refractivity contribution is 5.88. The number of hydrogen-bond acceptors (Lipinski definition) is 0. The molecular weight excluding hydrogens is 206 g/mol. The van der Waals surface area contributed by atoms with Crippen molar-refractivity contribution in [3.8, 4) is 11.3 Å². The Morgan fingerprint density at radius 3 is 2.35 bits per heavy atom. The van der Waals surface area contributed by atoms with Crippen LogP contribution >= 0.6 is 0 Å². The zero-order chi connectivity index (χ0) is 11.8. The van der Waals surface area contributed by atoms with Gasteiger partial charge in [0.1, 0.15) is 0 Å². The summed E-state index contributed by atoms with van der Waals surface area (Å²) in [5.74, 6) is 0. The van der Waals surface area contributed by atoms with Gasteiger partial charge < -0.3 is 4.98 Å². The molecule has 1 N–H and O–H groups in total. The van der Waals surface area contributed by atoms with Crippen LogP contribution < -0.4 is 0 Å². The number of H-pyrrole nitrogens is 1. The minimum atomic E-state index is 1.19. The first-order valence-electron chi connectivity index (χ1n) is 5.89. The Morgan fingerprint density at radius 2 is 1.65 bits per heavy atom. The highest BCUT2D eigenvalue weighted by atomic mass is 14.7. The molecule has 0 unspecified atom stereocenters. The van der Waals surface area contributed by atoms with Crippen molar-refractivity contribution in [1.29, 1.82) is 0 Å². The van der Waals surface area contributed by atoms with Crippen LogP contribution in [-0.2, 0) is 0 Å². The van der Waals surface area contributed by atoms with E-state index in [4.69, 9.17) is 0 Å². The molecule has 0 aliphatic carbocycles. The number of rotatable bonds is 1. The Labute approximate surface area is 101 Å². The van der Waals surface area contributed by atoms with E-state index < -0.39 is 0 Å². The van der Waals surface area contributed by atoms with E-state index in [1.165, 1.54) is 33.3 Å². The molecule has 0 saturated carbocycles. The fourth-order valence-corrected chi connectivity index (χ4v) is 2.20. The van der Waals surface area contributed by atoms with E-state index in [-0.39, 0.29) is 0 Å². The molecule has 0 fully saturated rings. The summed E-state index contributed by atoms with van der Waals surface area (Å²) in [6, 6.07) is 17.2. The van der Waals surface area contributed by atoms with Gasteiger partial charge in [0.2, 0.25) is 0 Å². The van der Waals surface area contributed by atoms with Crippen molar-refractivity contribution < 1.29 is 0 Å². The molecule has 17 heavy (non-hydrogen) atoms.